The van der Waals surface area contributed by atoms with Crippen LogP contribution in [0.5, 0.6) is 0 Å². The van der Waals surface area contributed by atoms with E-state index in [1.807, 2.05) is 20.8 Å². The summed E-state index contributed by atoms with van der Waals surface area (Å²) in [4.78, 5) is 14.3. The Morgan fingerprint density at radius 1 is 1.27 bits per heavy atom. The second-order valence-electron chi connectivity index (χ2n) is 5.66. The van der Waals surface area contributed by atoms with Crippen molar-refractivity contribution in [1.82, 2.24) is 4.90 Å². The van der Waals surface area contributed by atoms with Gasteiger partial charge in [0.25, 0.3) is 0 Å². The van der Waals surface area contributed by atoms with E-state index < -0.39 is 0 Å². The molecule has 0 radical (unpaired) electrons. The molecule has 1 atom stereocenters. The number of rotatable bonds is 2. The van der Waals surface area contributed by atoms with Gasteiger partial charge in [0.15, 0.2) is 0 Å². The van der Waals surface area contributed by atoms with Gasteiger partial charge >= 0.3 is 5.97 Å². The van der Waals surface area contributed by atoms with Gasteiger partial charge in [-0.25, -0.2) is 0 Å². The molecule has 1 aliphatic carbocycles. The van der Waals surface area contributed by atoms with E-state index in [2.05, 4.69) is 4.90 Å². The number of hydrogen-bond acceptors (Lipinski definition) is 3. The summed E-state index contributed by atoms with van der Waals surface area (Å²) in [7, 11) is 0. The van der Waals surface area contributed by atoms with Crippen molar-refractivity contribution in [1.29, 1.82) is 0 Å². The first-order valence-corrected chi connectivity index (χ1v) is 5.96. The summed E-state index contributed by atoms with van der Waals surface area (Å²) in [5.41, 5.74) is -0.352. The third kappa shape index (κ3) is 2.71. The van der Waals surface area contributed by atoms with Gasteiger partial charge in [-0.05, 0) is 53.0 Å². The second-order valence-corrected chi connectivity index (χ2v) is 5.66. The van der Waals surface area contributed by atoms with Crippen molar-refractivity contribution < 1.29 is 9.53 Å². The predicted molar refractivity (Wildman–Crippen MR) is 58.6 cm³/mol. The molecule has 86 valence electrons. The first kappa shape index (κ1) is 10.9. The molecule has 0 amide bonds. The van der Waals surface area contributed by atoms with Gasteiger partial charge in [0.05, 0.1) is 0 Å². The Morgan fingerprint density at radius 2 is 1.93 bits per heavy atom. The van der Waals surface area contributed by atoms with Crippen LogP contribution in [0.1, 0.15) is 46.5 Å². The van der Waals surface area contributed by atoms with Crippen molar-refractivity contribution in [3.63, 3.8) is 0 Å². The Balaban J connectivity index is 1.93. The van der Waals surface area contributed by atoms with Crippen LogP contribution < -0.4 is 0 Å². The molecule has 2 aliphatic rings. The molecule has 3 heteroatoms. The third-order valence-electron chi connectivity index (χ3n) is 2.99. The Labute approximate surface area is 91.8 Å². The van der Waals surface area contributed by atoms with Gasteiger partial charge in [0.1, 0.15) is 11.6 Å². The summed E-state index contributed by atoms with van der Waals surface area (Å²) in [6, 6.07) is 0.710. The summed E-state index contributed by atoms with van der Waals surface area (Å²) in [5, 5.41) is 0. The number of carbonyl (C=O) groups is 1. The maximum atomic E-state index is 11.9. The molecule has 3 nitrogen and oxygen atoms in total. The summed E-state index contributed by atoms with van der Waals surface area (Å²) in [5.74, 6) is -0.0214. The van der Waals surface area contributed by atoms with Gasteiger partial charge in [-0.2, -0.15) is 0 Å². The van der Waals surface area contributed by atoms with E-state index in [0.29, 0.717) is 6.04 Å². The van der Waals surface area contributed by atoms with Crippen molar-refractivity contribution in [2.45, 2.75) is 64.1 Å². The maximum Gasteiger partial charge on any atom is 0.323 e. The molecule has 0 N–H and O–H groups in total. The van der Waals surface area contributed by atoms with E-state index in [0.717, 1.165) is 19.4 Å². The third-order valence-corrected chi connectivity index (χ3v) is 2.99. The molecule has 1 aliphatic heterocycles. The number of likely N-dealkylation sites (tertiary alicyclic amines) is 1. The van der Waals surface area contributed by atoms with Gasteiger partial charge in [0.2, 0.25) is 0 Å². The minimum Gasteiger partial charge on any atom is -0.459 e. The van der Waals surface area contributed by atoms with E-state index >= 15 is 0 Å². The number of esters is 1. The van der Waals surface area contributed by atoms with Crippen LogP contribution in [-0.4, -0.2) is 35.1 Å². The van der Waals surface area contributed by atoms with Crippen LogP contribution in [0.25, 0.3) is 0 Å². The van der Waals surface area contributed by atoms with E-state index in [4.69, 9.17) is 4.74 Å². The lowest BCUT2D eigenvalue weighted by Gasteiger charge is -2.27. The van der Waals surface area contributed by atoms with Gasteiger partial charge in [-0.3, -0.25) is 9.69 Å². The number of nitrogens with zero attached hydrogens (tertiary/aromatic N) is 1. The van der Waals surface area contributed by atoms with Gasteiger partial charge < -0.3 is 4.74 Å². The molecular formula is C12H21NO2. The highest BCUT2D eigenvalue weighted by atomic mass is 16.6. The molecular weight excluding hydrogens is 190 g/mol. The van der Waals surface area contributed by atoms with Crippen molar-refractivity contribution in [3.05, 3.63) is 0 Å². The molecule has 0 bridgehead atoms. The van der Waals surface area contributed by atoms with Crippen molar-refractivity contribution in [2.75, 3.05) is 6.54 Å². The fourth-order valence-corrected chi connectivity index (χ4v) is 2.26. The van der Waals surface area contributed by atoms with Crippen LogP contribution in [0.3, 0.4) is 0 Å². The van der Waals surface area contributed by atoms with E-state index in [1.54, 1.807) is 0 Å². The van der Waals surface area contributed by atoms with Crippen LogP contribution in [0, 0.1) is 0 Å². The minimum absolute atomic E-state index is 0.0214. The fraction of sp³-hybridized carbons (Fsp3) is 0.917. The summed E-state index contributed by atoms with van der Waals surface area (Å²) < 4.78 is 5.45. The van der Waals surface area contributed by atoms with E-state index in [-0.39, 0.29) is 17.6 Å². The largest absolute Gasteiger partial charge is 0.459 e. The highest BCUT2D eigenvalue weighted by Crippen LogP contribution is 2.34. The molecule has 1 saturated heterocycles. The van der Waals surface area contributed by atoms with Crippen LogP contribution in [0.2, 0.25) is 0 Å². The molecule has 2 rings (SSSR count). The van der Waals surface area contributed by atoms with Gasteiger partial charge in [-0.1, -0.05) is 0 Å². The zero-order chi connectivity index (χ0) is 11.1. The zero-order valence-electron chi connectivity index (χ0n) is 9.95. The van der Waals surface area contributed by atoms with Crippen molar-refractivity contribution in [3.8, 4) is 0 Å². The van der Waals surface area contributed by atoms with Crippen LogP contribution >= 0.6 is 0 Å². The molecule has 1 saturated carbocycles. The highest BCUT2D eigenvalue weighted by Gasteiger charge is 2.41. The molecule has 0 spiro atoms. The number of carbonyl (C=O) groups excluding carboxylic acids is 1. The topological polar surface area (TPSA) is 29.5 Å². The molecule has 0 aromatic carbocycles. The SMILES string of the molecule is CC(C)(C)OC(=O)[C@@H]1CCCN1C1CC1. The normalized spacial score (nSPS) is 28.1. The fourth-order valence-electron chi connectivity index (χ4n) is 2.26. The standard InChI is InChI=1S/C12H21NO2/c1-12(2,3)15-11(14)10-5-4-8-13(10)9-6-7-9/h9-10H,4-8H2,1-3H3/t10-/m0/s1. The van der Waals surface area contributed by atoms with E-state index in [1.165, 1.54) is 12.8 Å². The molecule has 0 aromatic rings. The van der Waals surface area contributed by atoms with Crippen LogP contribution in [0.15, 0.2) is 0 Å². The average Bonchev–Trinajstić information content (AvgIpc) is 2.80. The quantitative estimate of drug-likeness (QED) is 0.654. The zero-order valence-corrected chi connectivity index (χ0v) is 9.95. The average molecular weight is 211 g/mol. The Bertz CT molecular complexity index is 253. The first-order valence-electron chi connectivity index (χ1n) is 5.96. The monoisotopic (exact) mass is 211 g/mol. The molecule has 2 fully saturated rings. The lowest BCUT2D eigenvalue weighted by Crippen LogP contribution is -2.41. The van der Waals surface area contributed by atoms with Gasteiger partial charge in [-0.15, -0.1) is 0 Å². The lowest BCUT2D eigenvalue weighted by molar-refractivity contribution is -0.160. The smallest absolute Gasteiger partial charge is 0.323 e. The lowest BCUT2D eigenvalue weighted by atomic mass is 10.1. The second kappa shape index (κ2) is 3.78. The first-order chi connectivity index (χ1) is 6.97. The molecule has 0 aromatic heterocycles. The Kier molecular flexibility index (Phi) is 2.75. The predicted octanol–water partition coefficient (Wildman–Crippen LogP) is 1.95. The number of hydrogen-bond donors (Lipinski definition) is 0. The Morgan fingerprint density at radius 3 is 2.47 bits per heavy atom. The van der Waals surface area contributed by atoms with Gasteiger partial charge in [0, 0.05) is 6.04 Å². The summed E-state index contributed by atoms with van der Waals surface area (Å²) in [6.45, 7) is 6.87. The van der Waals surface area contributed by atoms with Crippen LogP contribution in [0.4, 0.5) is 0 Å². The molecule has 15 heavy (non-hydrogen) atoms. The maximum absolute atomic E-state index is 11.9. The number of ether oxygens (including phenoxy) is 1. The van der Waals surface area contributed by atoms with E-state index in [9.17, 15) is 4.79 Å². The minimum atomic E-state index is -0.352. The summed E-state index contributed by atoms with van der Waals surface area (Å²) >= 11 is 0. The molecule has 1 heterocycles. The van der Waals surface area contributed by atoms with Crippen molar-refractivity contribution >= 4 is 5.97 Å². The van der Waals surface area contributed by atoms with Crippen LogP contribution in [-0.2, 0) is 9.53 Å². The highest BCUT2D eigenvalue weighted by molar-refractivity contribution is 5.76. The van der Waals surface area contributed by atoms with Crippen molar-refractivity contribution in [2.24, 2.45) is 0 Å². The molecule has 0 unspecified atom stereocenters. The summed E-state index contributed by atoms with van der Waals surface area (Å²) in [6.07, 6.45) is 4.64. The Hall–Kier alpha value is -0.570.